The van der Waals surface area contributed by atoms with E-state index in [2.05, 4.69) is 0 Å². The van der Waals surface area contributed by atoms with Gasteiger partial charge in [0.2, 0.25) is 0 Å². The van der Waals surface area contributed by atoms with Gasteiger partial charge in [-0.2, -0.15) is 0 Å². The number of hydrogen-bond donors (Lipinski definition) is 2. The number of aliphatic hydroxyl groups is 1. The molecule has 0 bridgehead atoms. The minimum atomic E-state index is -1.78. The summed E-state index contributed by atoms with van der Waals surface area (Å²) in [5.74, 6) is -1.55. The van der Waals surface area contributed by atoms with Gasteiger partial charge in [-0.25, -0.2) is 4.79 Å². The average Bonchev–Trinajstić information content (AvgIpc) is 2.63. The monoisotopic (exact) mass is 228 g/mol. The molecule has 2 atom stereocenters. The zero-order valence-corrected chi connectivity index (χ0v) is 9.13. The summed E-state index contributed by atoms with van der Waals surface area (Å²) in [6.45, 7) is 0. The maximum Gasteiger partial charge on any atom is 0.341 e. The summed E-state index contributed by atoms with van der Waals surface area (Å²) < 4.78 is 0. The number of carboxylic acid groups (broad SMARTS) is 1. The molecule has 0 spiro atoms. The number of carbonyl (C=O) groups is 1. The first-order valence-electron chi connectivity index (χ1n) is 5.58. The minimum Gasteiger partial charge on any atom is -0.479 e. The van der Waals surface area contributed by atoms with Gasteiger partial charge in [-0.1, -0.05) is 42.5 Å². The van der Waals surface area contributed by atoms with E-state index in [1.807, 2.05) is 30.4 Å². The second-order valence-electron chi connectivity index (χ2n) is 4.46. The maximum absolute atomic E-state index is 11.4. The fourth-order valence-electron chi connectivity index (χ4n) is 2.82. The van der Waals surface area contributed by atoms with E-state index < -0.39 is 11.6 Å². The van der Waals surface area contributed by atoms with Gasteiger partial charge in [-0.3, -0.25) is 0 Å². The van der Waals surface area contributed by atoms with E-state index in [1.165, 1.54) is 0 Å². The van der Waals surface area contributed by atoms with Crippen LogP contribution in [0.15, 0.2) is 42.5 Å². The first-order valence-corrected chi connectivity index (χ1v) is 5.58. The number of benzene rings is 1. The Morgan fingerprint density at radius 1 is 1.35 bits per heavy atom. The molecule has 0 amide bonds. The lowest BCUT2D eigenvalue weighted by atomic mass is 9.81. The minimum absolute atomic E-state index is 0.373. The number of aliphatic carboxylic acids is 1. The van der Waals surface area contributed by atoms with Gasteiger partial charge >= 0.3 is 5.97 Å². The first-order chi connectivity index (χ1) is 8.15. The molecule has 0 radical (unpaired) electrons. The van der Waals surface area contributed by atoms with E-state index in [9.17, 15) is 15.0 Å². The summed E-state index contributed by atoms with van der Waals surface area (Å²) in [7, 11) is 0. The Kier molecular flexibility index (Phi) is 2.00. The Morgan fingerprint density at radius 3 is 2.88 bits per heavy atom. The summed E-state index contributed by atoms with van der Waals surface area (Å²) in [5.41, 5.74) is 0.500. The third-order valence-electron chi connectivity index (χ3n) is 3.64. The molecule has 17 heavy (non-hydrogen) atoms. The molecule has 0 fully saturated rings. The number of fused-ring (bicyclic) bond motifs is 3. The van der Waals surface area contributed by atoms with Crippen LogP contribution in [0.5, 0.6) is 0 Å². The Balaban J connectivity index is 2.30. The second kappa shape index (κ2) is 3.31. The fraction of sp³-hybridized carbons (Fsp3) is 0.214. The van der Waals surface area contributed by atoms with Crippen molar-refractivity contribution in [3.05, 3.63) is 53.6 Å². The third-order valence-corrected chi connectivity index (χ3v) is 3.64. The van der Waals surface area contributed by atoms with Gasteiger partial charge in [0.05, 0.1) is 0 Å². The van der Waals surface area contributed by atoms with Gasteiger partial charge in [0.15, 0.2) is 5.60 Å². The van der Waals surface area contributed by atoms with Crippen LogP contribution >= 0.6 is 0 Å². The molecule has 3 nitrogen and oxygen atoms in total. The van der Waals surface area contributed by atoms with Gasteiger partial charge in [-0.15, -0.1) is 0 Å². The van der Waals surface area contributed by atoms with E-state index >= 15 is 0 Å². The maximum atomic E-state index is 11.4. The van der Waals surface area contributed by atoms with Crippen LogP contribution < -0.4 is 0 Å². The smallest absolute Gasteiger partial charge is 0.341 e. The molecular formula is C14H12O3. The molecule has 1 aromatic rings. The lowest BCUT2D eigenvalue weighted by Gasteiger charge is -2.27. The molecule has 86 valence electrons. The summed E-state index contributed by atoms with van der Waals surface area (Å²) in [4.78, 5) is 11.4. The predicted molar refractivity (Wildman–Crippen MR) is 63.2 cm³/mol. The van der Waals surface area contributed by atoms with Crippen LogP contribution in [0, 0.1) is 5.92 Å². The number of rotatable bonds is 1. The molecule has 0 saturated carbocycles. The number of hydrogen-bond acceptors (Lipinski definition) is 2. The van der Waals surface area contributed by atoms with E-state index in [0.717, 1.165) is 11.1 Å². The van der Waals surface area contributed by atoms with Crippen LogP contribution in [-0.2, 0) is 10.4 Å². The van der Waals surface area contributed by atoms with Crippen molar-refractivity contribution in [1.82, 2.24) is 0 Å². The van der Waals surface area contributed by atoms with Crippen molar-refractivity contribution in [2.75, 3.05) is 0 Å². The highest BCUT2D eigenvalue weighted by Gasteiger charge is 2.53. The molecular weight excluding hydrogens is 216 g/mol. The molecule has 2 N–H and O–H groups in total. The van der Waals surface area contributed by atoms with Crippen LogP contribution in [0.3, 0.4) is 0 Å². The van der Waals surface area contributed by atoms with Gasteiger partial charge in [-0.05, 0) is 17.6 Å². The molecule has 2 aliphatic rings. The van der Waals surface area contributed by atoms with Crippen molar-refractivity contribution >= 4 is 11.5 Å². The lowest BCUT2D eigenvalue weighted by molar-refractivity contribution is -0.163. The third kappa shape index (κ3) is 1.17. The highest BCUT2D eigenvalue weighted by atomic mass is 16.4. The van der Waals surface area contributed by atoms with Crippen LogP contribution in [0.1, 0.15) is 17.5 Å². The predicted octanol–water partition coefficient (Wildman–Crippen LogP) is 1.93. The number of carboxylic acids is 1. The molecule has 2 unspecified atom stereocenters. The highest BCUT2D eigenvalue weighted by molar-refractivity contribution is 5.92. The highest BCUT2D eigenvalue weighted by Crippen LogP contribution is 2.51. The van der Waals surface area contributed by atoms with Gasteiger partial charge < -0.3 is 10.2 Å². The normalized spacial score (nSPS) is 29.5. The van der Waals surface area contributed by atoms with Crippen molar-refractivity contribution in [3.63, 3.8) is 0 Å². The molecule has 0 saturated heterocycles. The average molecular weight is 228 g/mol. The van der Waals surface area contributed by atoms with Crippen LogP contribution in [0.25, 0.3) is 5.57 Å². The molecule has 0 heterocycles. The van der Waals surface area contributed by atoms with E-state index in [-0.39, 0.29) is 5.92 Å². The van der Waals surface area contributed by atoms with Crippen molar-refractivity contribution in [2.45, 2.75) is 12.0 Å². The Morgan fingerprint density at radius 2 is 2.12 bits per heavy atom. The first kappa shape index (κ1) is 10.3. The van der Waals surface area contributed by atoms with Crippen molar-refractivity contribution in [3.8, 4) is 0 Å². The van der Waals surface area contributed by atoms with Crippen molar-refractivity contribution in [1.29, 1.82) is 0 Å². The van der Waals surface area contributed by atoms with Gasteiger partial charge in [0.25, 0.3) is 0 Å². The molecule has 3 rings (SSSR count). The van der Waals surface area contributed by atoms with E-state index in [0.29, 0.717) is 12.0 Å². The Labute approximate surface area is 98.7 Å². The number of allylic oxidation sites excluding steroid dienone is 3. The summed E-state index contributed by atoms with van der Waals surface area (Å²) in [6, 6.07) is 7.19. The summed E-state index contributed by atoms with van der Waals surface area (Å²) in [6.07, 6.45) is 6.27. The standard InChI is InChI=1S/C14H12O3/c15-13(16)14(17)11-7-3-1-5-9(11)10-6-2-4-8-12(10)14/h1-7,12,17H,8H2,(H,15,16). The molecule has 1 aromatic carbocycles. The van der Waals surface area contributed by atoms with Gasteiger partial charge in [0.1, 0.15) is 0 Å². The summed E-state index contributed by atoms with van der Waals surface area (Å²) in [5, 5.41) is 19.9. The summed E-state index contributed by atoms with van der Waals surface area (Å²) >= 11 is 0. The van der Waals surface area contributed by atoms with Crippen LogP contribution in [-0.4, -0.2) is 16.2 Å². The topological polar surface area (TPSA) is 57.5 Å². The lowest BCUT2D eigenvalue weighted by Crippen LogP contribution is -2.40. The second-order valence-corrected chi connectivity index (χ2v) is 4.46. The van der Waals surface area contributed by atoms with Crippen LogP contribution in [0.2, 0.25) is 0 Å². The Hall–Kier alpha value is -1.87. The largest absolute Gasteiger partial charge is 0.479 e. The zero-order chi connectivity index (χ0) is 12.0. The molecule has 2 aliphatic carbocycles. The van der Waals surface area contributed by atoms with Crippen molar-refractivity contribution in [2.24, 2.45) is 5.92 Å². The van der Waals surface area contributed by atoms with E-state index in [1.54, 1.807) is 12.1 Å². The fourth-order valence-corrected chi connectivity index (χ4v) is 2.82. The molecule has 0 aromatic heterocycles. The molecule has 3 heteroatoms. The quantitative estimate of drug-likeness (QED) is 0.772. The van der Waals surface area contributed by atoms with Crippen molar-refractivity contribution < 1.29 is 15.0 Å². The van der Waals surface area contributed by atoms with Crippen LogP contribution in [0.4, 0.5) is 0 Å². The molecule has 0 aliphatic heterocycles. The zero-order valence-electron chi connectivity index (χ0n) is 9.13. The Bertz CT molecular complexity index is 556. The van der Waals surface area contributed by atoms with Gasteiger partial charge in [0, 0.05) is 11.5 Å². The SMILES string of the molecule is O=C(O)C1(O)c2ccccc2C2=CC=CCC21. The van der Waals surface area contributed by atoms with E-state index in [4.69, 9.17) is 0 Å².